The molecule has 0 aliphatic heterocycles. The van der Waals surface area contributed by atoms with E-state index in [-0.39, 0.29) is 5.91 Å². The lowest BCUT2D eigenvalue weighted by atomic mass is 10.2. The molecule has 2 aromatic rings. The number of carbonyl (C=O) groups is 1. The number of benzene rings is 1. The van der Waals surface area contributed by atoms with Crippen molar-refractivity contribution < 1.29 is 4.79 Å². The number of carbonyl (C=O) groups excluding carboxylic acids is 1. The van der Waals surface area contributed by atoms with Gasteiger partial charge in [0.05, 0.1) is 0 Å². The van der Waals surface area contributed by atoms with E-state index in [1.54, 1.807) is 6.20 Å². The maximum Gasteiger partial charge on any atom is 0.243 e. The standard InChI is InChI=1S/C16H19N3O/c1-13-17-9-10-18(13)12-16(20)19(15-7-8-15)11-14-5-3-2-4-6-14/h2-6,9-10,15H,7-8,11-12H2,1H3. The number of hydrogen-bond donors (Lipinski definition) is 0. The van der Waals surface area contributed by atoms with Gasteiger partial charge in [0.1, 0.15) is 12.4 Å². The Bertz CT molecular complexity index is 587. The molecule has 0 atom stereocenters. The van der Waals surface area contributed by atoms with Crippen molar-refractivity contribution in [3.05, 3.63) is 54.1 Å². The molecule has 3 rings (SSSR count). The zero-order chi connectivity index (χ0) is 13.9. The summed E-state index contributed by atoms with van der Waals surface area (Å²) in [4.78, 5) is 18.7. The van der Waals surface area contributed by atoms with E-state index in [4.69, 9.17) is 0 Å². The van der Waals surface area contributed by atoms with Crippen molar-refractivity contribution >= 4 is 5.91 Å². The minimum absolute atomic E-state index is 0.178. The molecule has 0 bridgehead atoms. The molecule has 1 aromatic heterocycles. The quantitative estimate of drug-likeness (QED) is 0.836. The first kappa shape index (κ1) is 12.9. The lowest BCUT2D eigenvalue weighted by Gasteiger charge is -2.23. The Hall–Kier alpha value is -2.10. The molecule has 1 aliphatic carbocycles. The van der Waals surface area contributed by atoms with E-state index in [2.05, 4.69) is 17.1 Å². The number of amides is 1. The maximum absolute atomic E-state index is 12.5. The van der Waals surface area contributed by atoms with Crippen LogP contribution in [-0.4, -0.2) is 26.4 Å². The molecule has 1 saturated carbocycles. The van der Waals surface area contributed by atoms with Crippen LogP contribution in [0.3, 0.4) is 0 Å². The molecule has 1 aromatic carbocycles. The molecule has 1 aliphatic rings. The monoisotopic (exact) mass is 269 g/mol. The van der Waals surface area contributed by atoms with Crippen LogP contribution in [0.4, 0.5) is 0 Å². The van der Waals surface area contributed by atoms with Gasteiger partial charge in [-0.2, -0.15) is 0 Å². The van der Waals surface area contributed by atoms with Crippen molar-refractivity contribution in [2.75, 3.05) is 0 Å². The van der Waals surface area contributed by atoms with E-state index in [1.807, 2.05) is 40.8 Å². The van der Waals surface area contributed by atoms with Gasteiger partial charge >= 0.3 is 0 Å². The van der Waals surface area contributed by atoms with Gasteiger partial charge in [-0.25, -0.2) is 4.98 Å². The predicted octanol–water partition coefficient (Wildman–Crippen LogP) is 2.38. The number of nitrogens with zero attached hydrogens (tertiary/aromatic N) is 3. The third kappa shape index (κ3) is 2.90. The molecule has 20 heavy (non-hydrogen) atoms. The number of hydrogen-bond acceptors (Lipinski definition) is 2. The summed E-state index contributed by atoms with van der Waals surface area (Å²) >= 11 is 0. The van der Waals surface area contributed by atoms with E-state index < -0.39 is 0 Å². The molecule has 1 heterocycles. The van der Waals surface area contributed by atoms with Crippen LogP contribution in [0.1, 0.15) is 24.2 Å². The summed E-state index contributed by atoms with van der Waals surface area (Å²) < 4.78 is 1.91. The van der Waals surface area contributed by atoms with Crippen LogP contribution in [0.5, 0.6) is 0 Å². The van der Waals surface area contributed by atoms with Gasteiger partial charge < -0.3 is 9.47 Å². The highest BCUT2D eigenvalue weighted by Crippen LogP contribution is 2.28. The molecular formula is C16H19N3O. The molecule has 1 amide bonds. The van der Waals surface area contributed by atoms with Crippen molar-refractivity contribution in [2.45, 2.75) is 38.9 Å². The molecule has 4 heteroatoms. The van der Waals surface area contributed by atoms with Crippen LogP contribution in [-0.2, 0) is 17.9 Å². The summed E-state index contributed by atoms with van der Waals surface area (Å²) in [6, 6.07) is 10.6. The van der Waals surface area contributed by atoms with Crippen molar-refractivity contribution in [1.29, 1.82) is 0 Å². The average Bonchev–Trinajstić information content (AvgIpc) is 3.22. The van der Waals surface area contributed by atoms with Gasteiger partial charge in [0.2, 0.25) is 5.91 Å². The number of imidazole rings is 1. The van der Waals surface area contributed by atoms with E-state index in [9.17, 15) is 4.79 Å². The first-order valence-electron chi connectivity index (χ1n) is 7.05. The summed E-state index contributed by atoms with van der Waals surface area (Å²) in [5, 5.41) is 0. The van der Waals surface area contributed by atoms with Crippen molar-refractivity contribution in [2.24, 2.45) is 0 Å². The van der Waals surface area contributed by atoms with Crippen LogP contribution in [0.25, 0.3) is 0 Å². The maximum atomic E-state index is 12.5. The van der Waals surface area contributed by atoms with Crippen LogP contribution < -0.4 is 0 Å². The van der Waals surface area contributed by atoms with Crippen LogP contribution in [0.15, 0.2) is 42.7 Å². The molecule has 0 radical (unpaired) electrons. The largest absolute Gasteiger partial charge is 0.334 e. The van der Waals surface area contributed by atoms with Gasteiger partial charge in [-0.1, -0.05) is 30.3 Å². The summed E-state index contributed by atoms with van der Waals surface area (Å²) in [6.07, 6.45) is 5.85. The Morgan fingerprint density at radius 1 is 1.35 bits per heavy atom. The molecule has 4 nitrogen and oxygen atoms in total. The van der Waals surface area contributed by atoms with Crippen LogP contribution in [0.2, 0.25) is 0 Å². The smallest absolute Gasteiger partial charge is 0.243 e. The van der Waals surface area contributed by atoms with Gasteiger partial charge in [0.25, 0.3) is 0 Å². The predicted molar refractivity (Wildman–Crippen MR) is 77.0 cm³/mol. The minimum atomic E-state index is 0.178. The Labute approximate surface area is 119 Å². The van der Waals surface area contributed by atoms with Gasteiger partial charge in [0, 0.05) is 25.0 Å². The highest BCUT2D eigenvalue weighted by atomic mass is 16.2. The topological polar surface area (TPSA) is 38.1 Å². The fraction of sp³-hybridized carbons (Fsp3) is 0.375. The second kappa shape index (κ2) is 5.49. The number of aromatic nitrogens is 2. The SMILES string of the molecule is Cc1nccn1CC(=O)N(Cc1ccccc1)C1CC1. The summed E-state index contributed by atoms with van der Waals surface area (Å²) in [6.45, 7) is 3.01. The number of aryl methyl sites for hydroxylation is 1. The van der Waals surface area contributed by atoms with Crippen molar-refractivity contribution in [3.8, 4) is 0 Å². The second-order valence-corrected chi connectivity index (χ2v) is 5.34. The fourth-order valence-corrected chi connectivity index (χ4v) is 2.39. The molecular weight excluding hydrogens is 250 g/mol. The summed E-state index contributed by atoms with van der Waals surface area (Å²) in [7, 11) is 0. The third-order valence-electron chi connectivity index (χ3n) is 3.73. The van der Waals surface area contributed by atoms with E-state index in [0.29, 0.717) is 19.1 Å². The summed E-state index contributed by atoms with van der Waals surface area (Å²) in [5.41, 5.74) is 1.19. The molecule has 0 saturated heterocycles. The Morgan fingerprint density at radius 3 is 2.70 bits per heavy atom. The van der Waals surface area contributed by atoms with Gasteiger partial charge in [-0.05, 0) is 25.3 Å². The van der Waals surface area contributed by atoms with Gasteiger partial charge in [0.15, 0.2) is 0 Å². The van der Waals surface area contributed by atoms with E-state index in [1.165, 1.54) is 5.56 Å². The Morgan fingerprint density at radius 2 is 2.10 bits per heavy atom. The van der Waals surface area contributed by atoms with Crippen molar-refractivity contribution in [3.63, 3.8) is 0 Å². The van der Waals surface area contributed by atoms with E-state index in [0.717, 1.165) is 18.7 Å². The van der Waals surface area contributed by atoms with Crippen molar-refractivity contribution in [1.82, 2.24) is 14.5 Å². The zero-order valence-electron chi connectivity index (χ0n) is 11.7. The zero-order valence-corrected chi connectivity index (χ0v) is 11.7. The second-order valence-electron chi connectivity index (χ2n) is 5.34. The van der Waals surface area contributed by atoms with Gasteiger partial charge in [-0.3, -0.25) is 4.79 Å². The minimum Gasteiger partial charge on any atom is -0.334 e. The molecule has 0 unspecified atom stereocenters. The van der Waals surface area contributed by atoms with Crippen LogP contribution >= 0.6 is 0 Å². The Balaban J connectivity index is 1.71. The third-order valence-corrected chi connectivity index (χ3v) is 3.73. The molecule has 104 valence electrons. The summed E-state index contributed by atoms with van der Waals surface area (Å²) in [5.74, 6) is 1.06. The molecule has 0 N–H and O–H groups in total. The lowest BCUT2D eigenvalue weighted by Crippen LogP contribution is -2.35. The molecule has 0 spiro atoms. The lowest BCUT2D eigenvalue weighted by molar-refractivity contribution is -0.133. The van der Waals surface area contributed by atoms with Crippen LogP contribution in [0, 0.1) is 6.92 Å². The van der Waals surface area contributed by atoms with Gasteiger partial charge in [-0.15, -0.1) is 0 Å². The highest BCUT2D eigenvalue weighted by Gasteiger charge is 2.32. The first-order chi connectivity index (χ1) is 9.74. The highest BCUT2D eigenvalue weighted by molar-refractivity contribution is 5.76. The van der Waals surface area contributed by atoms with E-state index >= 15 is 0 Å². The normalized spacial score (nSPS) is 14.2. The fourth-order valence-electron chi connectivity index (χ4n) is 2.39. The Kier molecular flexibility index (Phi) is 3.54. The molecule has 1 fully saturated rings. The average molecular weight is 269 g/mol. The first-order valence-corrected chi connectivity index (χ1v) is 7.05. The number of rotatable bonds is 5.